The molecule has 94 valence electrons. The quantitative estimate of drug-likeness (QED) is 0.688. The van der Waals surface area contributed by atoms with Crippen molar-refractivity contribution in [2.75, 3.05) is 19.7 Å². The molecule has 4 heteroatoms. The second kappa shape index (κ2) is 6.86. The summed E-state index contributed by atoms with van der Waals surface area (Å²) in [7, 11) is 0. The van der Waals surface area contributed by atoms with E-state index in [0.29, 0.717) is 19.1 Å². The maximum Gasteiger partial charge on any atom is 0.237 e. The zero-order chi connectivity index (χ0) is 12.0. The summed E-state index contributed by atoms with van der Waals surface area (Å²) in [6.07, 6.45) is 2.33. The van der Waals surface area contributed by atoms with E-state index in [4.69, 9.17) is 4.74 Å². The molecule has 0 aromatic rings. The van der Waals surface area contributed by atoms with Crippen LogP contribution >= 0.6 is 0 Å². The van der Waals surface area contributed by atoms with E-state index < -0.39 is 0 Å². The van der Waals surface area contributed by atoms with Crippen molar-refractivity contribution in [1.82, 2.24) is 10.6 Å². The minimum Gasteiger partial charge on any atom is -0.377 e. The largest absolute Gasteiger partial charge is 0.377 e. The zero-order valence-electron chi connectivity index (χ0n) is 10.6. The molecule has 1 rings (SSSR count). The van der Waals surface area contributed by atoms with Gasteiger partial charge < -0.3 is 15.4 Å². The van der Waals surface area contributed by atoms with Crippen molar-refractivity contribution in [3.8, 4) is 0 Å². The Morgan fingerprint density at radius 2 is 2.31 bits per heavy atom. The van der Waals surface area contributed by atoms with Gasteiger partial charge in [0.2, 0.25) is 5.91 Å². The van der Waals surface area contributed by atoms with Crippen LogP contribution in [0.5, 0.6) is 0 Å². The summed E-state index contributed by atoms with van der Waals surface area (Å²) in [6, 6.07) is -0.0113. The van der Waals surface area contributed by atoms with Gasteiger partial charge in [0.15, 0.2) is 0 Å². The van der Waals surface area contributed by atoms with E-state index in [1.54, 1.807) is 0 Å². The molecule has 2 atom stereocenters. The van der Waals surface area contributed by atoms with Crippen LogP contribution in [-0.4, -0.2) is 37.7 Å². The predicted octanol–water partition coefficient (Wildman–Crippen LogP) is 0.916. The summed E-state index contributed by atoms with van der Waals surface area (Å²) in [4.78, 5) is 11.8. The molecular weight excluding hydrogens is 204 g/mol. The molecule has 2 N–H and O–H groups in total. The molecule has 2 unspecified atom stereocenters. The monoisotopic (exact) mass is 228 g/mol. The number of ether oxygens (including phenoxy) is 1. The lowest BCUT2D eigenvalue weighted by molar-refractivity contribution is -0.124. The number of rotatable bonds is 5. The maximum absolute atomic E-state index is 11.8. The second-order valence-electron chi connectivity index (χ2n) is 4.85. The van der Waals surface area contributed by atoms with Crippen LogP contribution in [0.1, 0.15) is 33.6 Å². The smallest absolute Gasteiger partial charge is 0.237 e. The van der Waals surface area contributed by atoms with Crippen molar-refractivity contribution in [1.29, 1.82) is 0 Å². The van der Waals surface area contributed by atoms with Crippen LogP contribution in [0.15, 0.2) is 0 Å². The number of hydrogen-bond acceptors (Lipinski definition) is 3. The van der Waals surface area contributed by atoms with Crippen LogP contribution in [0.2, 0.25) is 0 Å². The molecule has 1 aliphatic heterocycles. The van der Waals surface area contributed by atoms with Crippen LogP contribution in [0.4, 0.5) is 0 Å². The van der Waals surface area contributed by atoms with E-state index >= 15 is 0 Å². The van der Waals surface area contributed by atoms with Crippen molar-refractivity contribution < 1.29 is 9.53 Å². The lowest BCUT2D eigenvalue weighted by Crippen LogP contribution is -2.49. The molecule has 16 heavy (non-hydrogen) atoms. The summed E-state index contributed by atoms with van der Waals surface area (Å²) in [6.45, 7) is 8.32. The Balaban J connectivity index is 2.14. The van der Waals surface area contributed by atoms with E-state index in [0.717, 1.165) is 13.0 Å². The predicted molar refractivity (Wildman–Crippen MR) is 64.3 cm³/mol. The summed E-state index contributed by atoms with van der Waals surface area (Å²) in [5.41, 5.74) is 0. The van der Waals surface area contributed by atoms with E-state index in [9.17, 15) is 4.79 Å². The van der Waals surface area contributed by atoms with E-state index in [1.165, 1.54) is 6.42 Å². The maximum atomic E-state index is 11.8. The summed E-state index contributed by atoms with van der Waals surface area (Å²) in [5, 5.41) is 6.15. The molecule has 0 bridgehead atoms. The standard InChI is InChI=1S/C12H24N2O2/c1-9(2)16-7-6-14-12(15)11-8-10(3)4-5-13-11/h9-11,13H,4-8H2,1-3H3,(H,14,15). The number of nitrogens with one attached hydrogen (secondary N) is 2. The molecule has 1 heterocycles. The number of carbonyl (C=O) groups excluding carboxylic acids is 1. The Kier molecular flexibility index (Phi) is 5.77. The van der Waals surface area contributed by atoms with Gasteiger partial charge in [-0.1, -0.05) is 6.92 Å². The van der Waals surface area contributed by atoms with Gasteiger partial charge in [-0.25, -0.2) is 0 Å². The van der Waals surface area contributed by atoms with Gasteiger partial charge in [0.1, 0.15) is 0 Å². The van der Waals surface area contributed by atoms with Crippen LogP contribution < -0.4 is 10.6 Å². The Morgan fingerprint density at radius 1 is 1.56 bits per heavy atom. The van der Waals surface area contributed by atoms with E-state index in [2.05, 4.69) is 17.6 Å². The molecule has 0 spiro atoms. The molecule has 0 saturated carbocycles. The Labute approximate surface area is 98.1 Å². The fourth-order valence-corrected chi connectivity index (χ4v) is 1.90. The lowest BCUT2D eigenvalue weighted by Gasteiger charge is -2.27. The third-order valence-corrected chi connectivity index (χ3v) is 2.83. The van der Waals surface area contributed by atoms with E-state index in [1.807, 2.05) is 13.8 Å². The first-order valence-corrected chi connectivity index (χ1v) is 6.22. The fourth-order valence-electron chi connectivity index (χ4n) is 1.90. The Morgan fingerprint density at radius 3 is 2.94 bits per heavy atom. The second-order valence-corrected chi connectivity index (χ2v) is 4.85. The Hall–Kier alpha value is -0.610. The van der Waals surface area contributed by atoms with Gasteiger partial charge in [-0.15, -0.1) is 0 Å². The highest BCUT2D eigenvalue weighted by molar-refractivity contribution is 5.81. The van der Waals surface area contributed by atoms with E-state index in [-0.39, 0.29) is 18.1 Å². The van der Waals surface area contributed by atoms with Crippen molar-refractivity contribution in [2.24, 2.45) is 5.92 Å². The molecule has 0 aromatic carbocycles. The highest BCUT2D eigenvalue weighted by Gasteiger charge is 2.23. The first-order valence-electron chi connectivity index (χ1n) is 6.22. The topological polar surface area (TPSA) is 50.4 Å². The third kappa shape index (κ3) is 4.94. The zero-order valence-corrected chi connectivity index (χ0v) is 10.6. The molecular formula is C12H24N2O2. The molecule has 1 amide bonds. The summed E-state index contributed by atoms with van der Waals surface area (Å²) in [5.74, 6) is 0.753. The minimum absolute atomic E-state index is 0.0113. The van der Waals surface area contributed by atoms with Gasteiger partial charge in [0, 0.05) is 6.54 Å². The normalized spacial score (nSPS) is 25.8. The van der Waals surface area contributed by atoms with Crippen molar-refractivity contribution >= 4 is 5.91 Å². The first kappa shape index (κ1) is 13.5. The Bertz CT molecular complexity index is 219. The molecule has 0 radical (unpaired) electrons. The van der Waals surface area contributed by atoms with Gasteiger partial charge in [0.05, 0.1) is 18.8 Å². The minimum atomic E-state index is -0.0113. The van der Waals surface area contributed by atoms with Crippen molar-refractivity contribution in [2.45, 2.75) is 45.8 Å². The van der Waals surface area contributed by atoms with Gasteiger partial charge in [-0.3, -0.25) is 4.79 Å². The molecule has 0 aromatic heterocycles. The van der Waals surface area contributed by atoms with Crippen LogP contribution in [-0.2, 0) is 9.53 Å². The summed E-state index contributed by atoms with van der Waals surface area (Å²) < 4.78 is 5.37. The average Bonchev–Trinajstić information content (AvgIpc) is 2.24. The number of amides is 1. The molecule has 4 nitrogen and oxygen atoms in total. The third-order valence-electron chi connectivity index (χ3n) is 2.83. The first-order chi connectivity index (χ1) is 7.59. The molecule has 1 fully saturated rings. The fraction of sp³-hybridized carbons (Fsp3) is 0.917. The van der Waals surface area contributed by atoms with Gasteiger partial charge in [-0.2, -0.15) is 0 Å². The molecule has 0 aliphatic carbocycles. The highest BCUT2D eigenvalue weighted by atomic mass is 16.5. The SMILES string of the molecule is CC1CCNC(C(=O)NCCOC(C)C)C1. The van der Waals surface area contributed by atoms with Crippen LogP contribution in [0.25, 0.3) is 0 Å². The average molecular weight is 228 g/mol. The number of carbonyl (C=O) groups is 1. The van der Waals surface area contributed by atoms with Gasteiger partial charge >= 0.3 is 0 Å². The van der Waals surface area contributed by atoms with Crippen LogP contribution in [0.3, 0.4) is 0 Å². The van der Waals surface area contributed by atoms with Gasteiger partial charge in [-0.05, 0) is 39.2 Å². The lowest BCUT2D eigenvalue weighted by atomic mass is 9.94. The molecule has 1 aliphatic rings. The summed E-state index contributed by atoms with van der Waals surface area (Å²) >= 11 is 0. The highest BCUT2D eigenvalue weighted by Crippen LogP contribution is 2.14. The molecule has 1 saturated heterocycles. The van der Waals surface area contributed by atoms with Crippen molar-refractivity contribution in [3.63, 3.8) is 0 Å². The van der Waals surface area contributed by atoms with Crippen LogP contribution in [0, 0.1) is 5.92 Å². The van der Waals surface area contributed by atoms with Crippen molar-refractivity contribution in [3.05, 3.63) is 0 Å². The number of piperidine rings is 1. The number of hydrogen-bond donors (Lipinski definition) is 2. The van der Waals surface area contributed by atoms with Gasteiger partial charge in [0.25, 0.3) is 0 Å².